The molecule has 0 spiro atoms. The fourth-order valence-corrected chi connectivity index (χ4v) is 6.23. The van der Waals surface area contributed by atoms with Crippen LogP contribution >= 0.6 is 7.37 Å². The number of anilines is 2. The third kappa shape index (κ3) is 5.70. The molecule has 7 heteroatoms. The lowest BCUT2D eigenvalue weighted by Crippen LogP contribution is -2.23. The Morgan fingerprint density at radius 1 is 0.848 bits per heavy atom. The molecule has 0 aromatic heterocycles. The molecule has 0 heterocycles. The largest absolute Gasteiger partial charge is 0.493 e. The van der Waals surface area contributed by atoms with E-state index in [4.69, 9.17) is 14.0 Å². The van der Waals surface area contributed by atoms with E-state index in [-0.39, 0.29) is 6.10 Å². The van der Waals surface area contributed by atoms with Crippen molar-refractivity contribution in [2.24, 2.45) is 0 Å². The van der Waals surface area contributed by atoms with Gasteiger partial charge in [-0.2, -0.15) is 0 Å². The van der Waals surface area contributed by atoms with Crippen molar-refractivity contribution < 1.29 is 18.6 Å². The predicted octanol–water partition coefficient (Wildman–Crippen LogP) is 5.91. The molecule has 0 fully saturated rings. The maximum Gasteiger partial charge on any atom is 0.258 e. The third-order valence-electron chi connectivity index (χ3n) is 5.23. The number of ether oxygens (including phenoxy) is 2. The first-order chi connectivity index (χ1) is 15.8. The van der Waals surface area contributed by atoms with Gasteiger partial charge in [0.1, 0.15) is 5.78 Å². The summed E-state index contributed by atoms with van der Waals surface area (Å²) in [5.41, 5.74) is 2.64. The Morgan fingerprint density at radius 2 is 1.48 bits per heavy atom. The van der Waals surface area contributed by atoms with E-state index in [1.807, 2.05) is 106 Å². The minimum Gasteiger partial charge on any atom is -0.493 e. The standard InChI is InChI=1S/C26H33N2O4P/c1-19(2)32-33(29,23-15-13-22(14-16-23)28(3)4)26(27-21-10-8-7-9-11-21)20-12-17-24(30-5)25(18-20)31-6/h7-19,26-27H,1-6H3/t26-,33+/m1/s1. The fourth-order valence-electron chi connectivity index (χ4n) is 3.62. The molecule has 3 aromatic carbocycles. The van der Waals surface area contributed by atoms with Gasteiger partial charge < -0.3 is 24.2 Å². The molecular formula is C26H33N2O4P. The number of hydrogen-bond donors (Lipinski definition) is 1. The molecule has 0 unspecified atom stereocenters. The highest BCUT2D eigenvalue weighted by molar-refractivity contribution is 7.67. The molecule has 0 aliphatic heterocycles. The van der Waals surface area contributed by atoms with Crippen LogP contribution in [0.1, 0.15) is 25.2 Å². The van der Waals surface area contributed by atoms with E-state index >= 15 is 0 Å². The van der Waals surface area contributed by atoms with Gasteiger partial charge in [0.15, 0.2) is 11.5 Å². The van der Waals surface area contributed by atoms with Gasteiger partial charge in [0, 0.05) is 30.8 Å². The molecule has 0 aliphatic rings. The lowest BCUT2D eigenvalue weighted by atomic mass is 10.2. The molecule has 3 rings (SSSR count). The van der Waals surface area contributed by atoms with Crippen LogP contribution in [-0.4, -0.2) is 34.4 Å². The van der Waals surface area contributed by atoms with Crippen LogP contribution in [0.4, 0.5) is 11.4 Å². The molecule has 3 aromatic rings. The topological polar surface area (TPSA) is 60.0 Å². The lowest BCUT2D eigenvalue weighted by Gasteiger charge is -2.31. The Balaban J connectivity index is 2.18. The average Bonchev–Trinajstić information content (AvgIpc) is 2.82. The van der Waals surface area contributed by atoms with Gasteiger partial charge in [0.05, 0.1) is 20.3 Å². The highest BCUT2D eigenvalue weighted by Gasteiger charge is 2.39. The van der Waals surface area contributed by atoms with Crippen LogP contribution < -0.4 is 25.0 Å². The van der Waals surface area contributed by atoms with Crippen LogP contribution in [0.15, 0.2) is 72.8 Å². The second kappa shape index (κ2) is 10.8. The van der Waals surface area contributed by atoms with Crippen molar-refractivity contribution >= 4 is 24.0 Å². The maximum atomic E-state index is 14.8. The Bertz CT molecular complexity index is 1090. The van der Waals surface area contributed by atoms with E-state index in [9.17, 15) is 4.57 Å². The van der Waals surface area contributed by atoms with E-state index in [2.05, 4.69) is 5.32 Å². The molecular weight excluding hydrogens is 435 g/mol. The summed E-state index contributed by atoms with van der Waals surface area (Å²) < 4.78 is 32.0. The van der Waals surface area contributed by atoms with Crippen LogP contribution in [-0.2, 0) is 9.09 Å². The Labute approximate surface area is 196 Å². The Hall–Kier alpha value is -2.95. The summed E-state index contributed by atoms with van der Waals surface area (Å²) in [5, 5.41) is 4.11. The summed E-state index contributed by atoms with van der Waals surface area (Å²) in [7, 11) is 3.68. The van der Waals surface area contributed by atoms with Crippen molar-refractivity contribution in [3.63, 3.8) is 0 Å². The summed E-state index contributed by atoms with van der Waals surface area (Å²) >= 11 is 0. The van der Waals surface area contributed by atoms with Crippen LogP contribution in [0.2, 0.25) is 0 Å². The molecule has 33 heavy (non-hydrogen) atoms. The van der Waals surface area contributed by atoms with Crippen molar-refractivity contribution in [1.82, 2.24) is 0 Å². The SMILES string of the molecule is COc1ccc([C@H](Nc2ccccc2)[P@@](=O)(OC(C)C)c2ccc(N(C)C)cc2)cc1OC. The molecule has 0 saturated heterocycles. The third-order valence-corrected chi connectivity index (χ3v) is 8.09. The van der Waals surface area contributed by atoms with E-state index in [1.54, 1.807) is 14.2 Å². The highest BCUT2D eigenvalue weighted by Crippen LogP contribution is 2.60. The smallest absolute Gasteiger partial charge is 0.258 e. The molecule has 6 nitrogen and oxygen atoms in total. The number of nitrogens with one attached hydrogen (secondary N) is 1. The van der Waals surface area contributed by atoms with Gasteiger partial charge in [0.25, 0.3) is 7.37 Å². The lowest BCUT2D eigenvalue weighted by molar-refractivity contribution is 0.245. The molecule has 0 aliphatic carbocycles. The second-order valence-corrected chi connectivity index (χ2v) is 10.6. The zero-order valence-corrected chi connectivity index (χ0v) is 21.0. The second-order valence-electron chi connectivity index (χ2n) is 8.19. The molecule has 2 atom stereocenters. The molecule has 1 N–H and O–H groups in total. The van der Waals surface area contributed by atoms with Gasteiger partial charge in [-0.25, -0.2) is 0 Å². The minimum absolute atomic E-state index is 0.246. The molecule has 0 bridgehead atoms. The summed E-state index contributed by atoms with van der Waals surface area (Å²) in [6.45, 7) is 3.80. The molecule has 0 amide bonds. The van der Waals surface area contributed by atoms with Crippen LogP contribution in [0.5, 0.6) is 11.5 Å². The van der Waals surface area contributed by atoms with Crippen molar-refractivity contribution in [1.29, 1.82) is 0 Å². The first-order valence-electron chi connectivity index (χ1n) is 10.9. The summed E-state index contributed by atoms with van der Waals surface area (Å²) in [6.07, 6.45) is -0.246. The van der Waals surface area contributed by atoms with Crippen molar-refractivity contribution in [3.05, 3.63) is 78.4 Å². The zero-order chi connectivity index (χ0) is 24.0. The van der Waals surface area contributed by atoms with Gasteiger partial charge in [-0.3, -0.25) is 4.57 Å². The molecule has 0 radical (unpaired) electrons. The molecule has 176 valence electrons. The van der Waals surface area contributed by atoms with Crippen molar-refractivity contribution in [2.75, 3.05) is 38.5 Å². The number of benzene rings is 3. The Morgan fingerprint density at radius 3 is 2.03 bits per heavy atom. The Kier molecular flexibility index (Phi) is 8.06. The zero-order valence-electron chi connectivity index (χ0n) is 20.1. The van der Waals surface area contributed by atoms with Crippen molar-refractivity contribution in [2.45, 2.75) is 25.7 Å². The fraction of sp³-hybridized carbons (Fsp3) is 0.308. The van der Waals surface area contributed by atoms with E-state index in [0.29, 0.717) is 16.8 Å². The van der Waals surface area contributed by atoms with Crippen LogP contribution in [0.3, 0.4) is 0 Å². The number of methoxy groups -OCH3 is 2. The summed E-state index contributed by atoms with van der Waals surface area (Å²) in [6, 6.07) is 23.0. The van der Waals surface area contributed by atoms with Crippen LogP contribution in [0.25, 0.3) is 0 Å². The number of hydrogen-bond acceptors (Lipinski definition) is 6. The minimum atomic E-state index is -3.46. The van der Waals surface area contributed by atoms with Crippen LogP contribution in [0, 0.1) is 0 Å². The van der Waals surface area contributed by atoms with Gasteiger partial charge in [-0.05, 0) is 67.9 Å². The number of para-hydroxylation sites is 1. The van der Waals surface area contributed by atoms with Gasteiger partial charge >= 0.3 is 0 Å². The highest BCUT2D eigenvalue weighted by atomic mass is 31.2. The predicted molar refractivity (Wildman–Crippen MR) is 137 cm³/mol. The average molecular weight is 469 g/mol. The quantitative estimate of drug-likeness (QED) is 0.373. The number of rotatable bonds is 10. The number of nitrogens with zero attached hydrogens (tertiary/aromatic N) is 1. The first-order valence-corrected chi connectivity index (χ1v) is 12.6. The first kappa shape index (κ1) is 24.7. The van der Waals surface area contributed by atoms with Gasteiger partial charge in [-0.1, -0.05) is 24.3 Å². The summed E-state index contributed by atoms with van der Waals surface area (Å²) in [4.78, 5) is 2.01. The van der Waals surface area contributed by atoms with E-state index in [1.165, 1.54) is 0 Å². The van der Waals surface area contributed by atoms with Crippen molar-refractivity contribution in [3.8, 4) is 11.5 Å². The maximum absolute atomic E-state index is 14.8. The van der Waals surface area contributed by atoms with E-state index < -0.39 is 13.2 Å². The van der Waals surface area contributed by atoms with E-state index in [0.717, 1.165) is 16.9 Å². The summed E-state index contributed by atoms with van der Waals surface area (Å²) in [5.74, 6) is 0.524. The normalized spacial score (nSPS) is 13.8. The monoisotopic (exact) mass is 468 g/mol. The van der Waals surface area contributed by atoms with Gasteiger partial charge in [-0.15, -0.1) is 0 Å². The van der Waals surface area contributed by atoms with Gasteiger partial charge in [0.2, 0.25) is 0 Å². The molecule has 0 saturated carbocycles.